The highest BCUT2D eigenvalue weighted by molar-refractivity contribution is 5.85. The third kappa shape index (κ3) is 5.05. The number of morpholine rings is 1. The Morgan fingerprint density at radius 2 is 2.07 bits per heavy atom. The molecule has 3 saturated heterocycles. The minimum absolute atomic E-state index is 0. The van der Waals surface area contributed by atoms with Gasteiger partial charge in [0.15, 0.2) is 0 Å². The fraction of sp³-hybridized carbons (Fsp3) is 0.700. The molecule has 160 valence electrons. The second-order valence-electron chi connectivity index (χ2n) is 8.29. The molecule has 1 aromatic heterocycles. The van der Waals surface area contributed by atoms with E-state index in [0.29, 0.717) is 26.1 Å². The third-order valence-corrected chi connectivity index (χ3v) is 6.27. The highest BCUT2D eigenvalue weighted by Crippen LogP contribution is 2.40. The van der Waals surface area contributed by atoms with Crippen LogP contribution in [0.4, 0.5) is 0 Å². The minimum Gasteiger partial charge on any atom is -0.366 e. The molecule has 4 rings (SSSR count). The molecule has 0 bridgehead atoms. The topological polar surface area (TPSA) is 87.7 Å². The van der Waals surface area contributed by atoms with Crippen molar-refractivity contribution >= 4 is 24.2 Å². The van der Waals surface area contributed by atoms with Gasteiger partial charge >= 0.3 is 0 Å². The summed E-state index contributed by atoms with van der Waals surface area (Å²) >= 11 is 0. The quantitative estimate of drug-likeness (QED) is 0.778. The zero-order valence-corrected chi connectivity index (χ0v) is 17.7. The average molecular weight is 424 g/mol. The molecule has 1 N–H and O–H groups in total. The van der Waals surface area contributed by atoms with Crippen molar-refractivity contribution in [2.75, 3.05) is 39.3 Å². The third-order valence-electron chi connectivity index (χ3n) is 6.27. The molecular formula is C20H30ClN5O3. The molecule has 8 nitrogen and oxygen atoms in total. The van der Waals surface area contributed by atoms with E-state index in [9.17, 15) is 9.59 Å². The van der Waals surface area contributed by atoms with E-state index < -0.39 is 0 Å². The largest absolute Gasteiger partial charge is 0.366 e. The Bertz CT molecular complexity index is 715. The number of amides is 2. The molecule has 3 fully saturated rings. The van der Waals surface area contributed by atoms with Crippen LogP contribution < -0.4 is 5.32 Å². The van der Waals surface area contributed by atoms with Gasteiger partial charge in [-0.2, -0.15) is 0 Å². The van der Waals surface area contributed by atoms with Gasteiger partial charge in [0.2, 0.25) is 5.91 Å². The first-order chi connectivity index (χ1) is 13.5. The number of carbonyl (C=O) groups excluding carboxylic acids is 2. The molecular weight excluding hydrogens is 394 g/mol. The molecule has 1 unspecified atom stereocenters. The van der Waals surface area contributed by atoms with Crippen molar-refractivity contribution in [3.8, 4) is 0 Å². The maximum absolute atomic E-state index is 12.7. The number of ether oxygens (including phenoxy) is 1. The van der Waals surface area contributed by atoms with Crippen LogP contribution in [-0.4, -0.2) is 77.0 Å². The summed E-state index contributed by atoms with van der Waals surface area (Å²) in [6, 6.07) is 0. The number of aromatic nitrogens is 2. The Balaban J connectivity index is 0.00000240. The molecule has 1 aromatic rings. The highest BCUT2D eigenvalue weighted by Gasteiger charge is 2.42. The molecule has 1 atom stereocenters. The Labute approximate surface area is 177 Å². The normalized spacial score (nSPS) is 24.3. The van der Waals surface area contributed by atoms with Crippen molar-refractivity contribution < 1.29 is 14.3 Å². The van der Waals surface area contributed by atoms with Crippen LogP contribution in [0.3, 0.4) is 0 Å². The molecule has 0 radical (unpaired) electrons. The fourth-order valence-corrected chi connectivity index (χ4v) is 4.48. The molecule has 3 aliphatic rings. The molecule has 2 amide bonds. The van der Waals surface area contributed by atoms with E-state index in [1.807, 2.05) is 16.7 Å². The molecule has 9 heteroatoms. The second-order valence-corrected chi connectivity index (χ2v) is 8.29. The van der Waals surface area contributed by atoms with Crippen LogP contribution in [0, 0.1) is 12.3 Å². The van der Waals surface area contributed by atoms with Crippen LogP contribution in [0.5, 0.6) is 0 Å². The predicted octanol–water partition coefficient (Wildman–Crippen LogP) is 0.926. The van der Waals surface area contributed by atoms with Gasteiger partial charge in [-0.25, -0.2) is 0 Å². The Hall–Kier alpha value is -1.77. The smallest absolute Gasteiger partial charge is 0.253 e. The lowest BCUT2D eigenvalue weighted by Crippen LogP contribution is -2.55. The van der Waals surface area contributed by atoms with Gasteiger partial charge in [-0.1, -0.05) is 0 Å². The lowest BCUT2D eigenvalue weighted by atomic mass is 9.72. The summed E-state index contributed by atoms with van der Waals surface area (Å²) in [5.74, 6) is 0.286. The van der Waals surface area contributed by atoms with Gasteiger partial charge in [0, 0.05) is 45.3 Å². The number of halogens is 1. The second kappa shape index (κ2) is 9.36. The summed E-state index contributed by atoms with van der Waals surface area (Å²) in [6.07, 6.45) is 6.49. The van der Waals surface area contributed by atoms with Crippen molar-refractivity contribution in [3.05, 3.63) is 23.8 Å². The van der Waals surface area contributed by atoms with Gasteiger partial charge in [-0.3, -0.25) is 19.6 Å². The van der Waals surface area contributed by atoms with Crippen molar-refractivity contribution in [3.63, 3.8) is 0 Å². The van der Waals surface area contributed by atoms with Gasteiger partial charge in [-0.15, -0.1) is 12.4 Å². The van der Waals surface area contributed by atoms with E-state index in [-0.39, 0.29) is 35.7 Å². The van der Waals surface area contributed by atoms with Crippen molar-refractivity contribution in [1.29, 1.82) is 0 Å². The van der Waals surface area contributed by atoms with E-state index in [2.05, 4.69) is 15.3 Å². The summed E-state index contributed by atoms with van der Waals surface area (Å²) in [7, 11) is 0. The van der Waals surface area contributed by atoms with Crippen molar-refractivity contribution in [2.24, 2.45) is 5.41 Å². The maximum Gasteiger partial charge on any atom is 0.253 e. The van der Waals surface area contributed by atoms with Crippen LogP contribution in [0.2, 0.25) is 0 Å². The lowest BCUT2D eigenvalue weighted by molar-refractivity contribution is -0.150. The summed E-state index contributed by atoms with van der Waals surface area (Å²) in [4.78, 5) is 37.7. The average Bonchev–Trinajstić information content (AvgIpc) is 2.73. The number of aryl methyl sites for hydroxylation is 1. The van der Waals surface area contributed by atoms with E-state index in [1.165, 1.54) is 0 Å². The Morgan fingerprint density at radius 3 is 2.72 bits per heavy atom. The van der Waals surface area contributed by atoms with Crippen LogP contribution >= 0.6 is 12.4 Å². The van der Waals surface area contributed by atoms with Crippen LogP contribution in [0.25, 0.3) is 0 Å². The summed E-state index contributed by atoms with van der Waals surface area (Å²) in [6.45, 7) is 6.63. The monoisotopic (exact) mass is 423 g/mol. The molecule has 0 saturated carbocycles. The zero-order valence-electron chi connectivity index (χ0n) is 16.9. The van der Waals surface area contributed by atoms with Crippen molar-refractivity contribution in [1.82, 2.24) is 25.1 Å². The number of likely N-dealkylation sites (tertiary alicyclic amines) is 2. The Kier molecular flexibility index (Phi) is 7.08. The highest BCUT2D eigenvalue weighted by atomic mass is 35.5. The number of hydrogen-bond acceptors (Lipinski definition) is 6. The summed E-state index contributed by atoms with van der Waals surface area (Å²) in [5, 5.41) is 3.22. The van der Waals surface area contributed by atoms with Gasteiger partial charge in [0.05, 0.1) is 30.7 Å². The van der Waals surface area contributed by atoms with Gasteiger partial charge in [0.25, 0.3) is 5.91 Å². The number of nitrogens with one attached hydrogen (secondary N) is 1. The van der Waals surface area contributed by atoms with E-state index >= 15 is 0 Å². The van der Waals surface area contributed by atoms with Crippen LogP contribution in [-0.2, 0) is 20.9 Å². The van der Waals surface area contributed by atoms with E-state index in [1.54, 1.807) is 12.4 Å². The first-order valence-electron chi connectivity index (χ1n) is 10.2. The zero-order chi connectivity index (χ0) is 19.6. The number of nitrogens with zero attached hydrogens (tertiary/aromatic N) is 4. The molecule has 29 heavy (non-hydrogen) atoms. The first kappa shape index (κ1) is 21.9. The van der Waals surface area contributed by atoms with E-state index in [4.69, 9.17) is 4.74 Å². The SMILES string of the molecule is Cc1cnc(CN2CC3(CCC2=O)CCN(C(=O)C2CNCCO2)CC3)cn1.Cl. The molecule has 0 aliphatic carbocycles. The molecule has 3 aliphatic heterocycles. The number of piperidine rings is 2. The van der Waals surface area contributed by atoms with Crippen molar-refractivity contribution in [2.45, 2.75) is 45.3 Å². The Morgan fingerprint density at radius 1 is 1.28 bits per heavy atom. The van der Waals surface area contributed by atoms with E-state index in [0.717, 1.165) is 56.8 Å². The summed E-state index contributed by atoms with van der Waals surface area (Å²) in [5.41, 5.74) is 1.80. The minimum atomic E-state index is -0.354. The van der Waals surface area contributed by atoms with Gasteiger partial charge < -0.3 is 19.9 Å². The predicted molar refractivity (Wildman–Crippen MR) is 110 cm³/mol. The lowest BCUT2D eigenvalue weighted by Gasteiger charge is -2.47. The standard InChI is InChI=1S/C20H29N5O3.ClH/c1-15-10-23-16(11-22-15)13-25-14-20(3-2-18(25)26)4-7-24(8-5-20)19(27)17-12-21-6-9-28-17;/h10-11,17,21H,2-9,12-14H2,1H3;1H. The first-order valence-corrected chi connectivity index (χ1v) is 10.2. The van der Waals surface area contributed by atoms with Crippen LogP contribution in [0.1, 0.15) is 37.1 Å². The number of rotatable bonds is 3. The fourth-order valence-electron chi connectivity index (χ4n) is 4.48. The molecule has 1 spiro atoms. The van der Waals surface area contributed by atoms with Gasteiger partial charge in [0.1, 0.15) is 6.10 Å². The number of hydrogen-bond donors (Lipinski definition) is 1. The van der Waals surface area contributed by atoms with Gasteiger partial charge in [-0.05, 0) is 31.6 Å². The molecule has 4 heterocycles. The maximum atomic E-state index is 12.7. The number of carbonyl (C=O) groups is 2. The van der Waals surface area contributed by atoms with Crippen LogP contribution in [0.15, 0.2) is 12.4 Å². The summed E-state index contributed by atoms with van der Waals surface area (Å²) < 4.78 is 5.62. The molecule has 0 aromatic carbocycles.